The van der Waals surface area contributed by atoms with Gasteiger partial charge in [-0.25, -0.2) is 0 Å². The summed E-state index contributed by atoms with van der Waals surface area (Å²) in [5.74, 6) is -0.329. The second-order valence-electron chi connectivity index (χ2n) is 8.83. The fourth-order valence-electron chi connectivity index (χ4n) is 4.24. The molecule has 0 unspecified atom stereocenters. The molecule has 184 valence electrons. The Balaban J connectivity index is 1.28. The van der Waals surface area contributed by atoms with Crippen molar-refractivity contribution in [2.24, 2.45) is 0 Å². The van der Waals surface area contributed by atoms with Gasteiger partial charge in [-0.1, -0.05) is 97.1 Å². The average molecular weight is 504 g/mol. The van der Waals surface area contributed by atoms with E-state index in [2.05, 4.69) is 30.3 Å². The predicted octanol–water partition coefficient (Wildman–Crippen LogP) is 8.81. The number of benzene rings is 5. The molecule has 0 saturated carbocycles. The Kier molecular flexibility index (Phi) is 6.64. The fraction of sp³-hybridized carbons (Fsp3) is 0.0303. The maximum Gasteiger partial charge on any atom is 0.416 e. The Morgan fingerprint density at radius 3 is 1.11 bits per heavy atom. The summed E-state index contributed by atoms with van der Waals surface area (Å²) in [5, 5.41) is 8.97. The van der Waals surface area contributed by atoms with E-state index in [1.807, 2.05) is 48.5 Å². The van der Waals surface area contributed by atoms with Gasteiger partial charge in [-0.2, -0.15) is 18.4 Å². The van der Waals surface area contributed by atoms with Gasteiger partial charge in [0.2, 0.25) is 0 Å². The van der Waals surface area contributed by atoms with Gasteiger partial charge in [-0.05, 0) is 57.6 Å². The second kappa shape index (κ2) is 10.2. The summed E-state index contributed by atoms with van der Waals surface area (Å²) >= 11 is 0. The quantitative estimate of drug-likeness (QED) is 0.225. The number of hydrogen-bond donors (Lipinski definition) is 0. The molecule has 0 saturated heterocycles. The lowest BCUT2D eigenvalue weighted by molar-refractivity contribution is -0.137. The van der Waals surface area contributed by atoms with E-state index in [0.29, 0.717) is 11.1 Å². The zero-order valence-electron chi connectivity index (χ0n) is 20.0. The van der Waals surface area contributed by atoms with Crippen molar-refractivity contribution >= 4 is 5.78 Å². The summed E-state index contributed by atoms with van der Waals surface area (Å²) in [6.07, 6.45) is -4.44. The van der Waals surface area contributed by atoms with Crippen molar-refractivity contribution < 1.29 is 18.0 Å². The van der Waals surface area contributed by atoms with Crippen LogP contribution in [0.2, 0.25) is 0 Å². The number of hydrogen-bond acceptors (Lipinski definition) is 2. The molecule has 5 aromatic rings. The van der Waals surface area contributed by atoms with Crippen LogP contribution in [0, 0.1) is 11.3 Å². The molecule has 0 radical (unpaired) electrons. The first-order valence-electron chi connectivity index (χ1n) is 11.9. The molecule has 5 rings (SSSR count). The lowest BCUT2D eigenvalue weighted by Gasteiger charge is -2.09. The van der Waals surface area contributed by atoms with Crippen molar-refractivity contribution in [2.75, 3.05) is 0 Å². The molecule has 0 bridgehead atoms. The lowest BCUT2D eigenvalue weighted by atomic mass is 9.96. The summed E-state index contributed by atoms with van der Waals surface area (Å²) in [5.41, 5.74) is 6.63. The average Bonchev–Trinajstić information content (AvgIpc) is 2.97. The third kappa shape index (κ3) is 5.25. The van der Waals surface area contributed by atoms with Gasteiger partial charge >= 0.3 is 6.18 Å². The molecule has 0 atom stereocenters. The Morgan fingerprint density at radius 2 is 0.789 bits per heavy atom. The van der Waals surface area contributed by atoms with Gasteiger partial charge in [0.1, 0.15) is 0 Å². The third-order valence-electron chi connectivity index (χ3n) is 6.41. The monoisotopic (exact) mass is 503 g/mol. The molecule has 5 heteroatoms. The second-order valence-corrected chi connectivity index (χ2v) is 8.83. The first kappa shape index (κ1) is 24.7. The van der Waals surface area contributed by atoms with Crippen molar-refractivity contribution in [1.82, 2.24) is 0 Å². The lowest BCUT2D eigenvalue weighted by Crippen LogP contribution is -2.06. The molecule has 0 aliphatic heterocycles. The molecular weight excluding hydrogens is 483 g/mol. The predicted molar refractivity (Wildman–Crippen MR) is 142 cm³/mol. The minimum absolute atomic E-state index is 0.209. The molecule has 0 amide bonds. The minimum Gasteiger partial charge on any atom is -0.289 e. The van der Waals surface area contributed by atoms with Gasteiger partial charge in [-0.15, -0.1) is 0 Å². The van der Waals surface area contributed by atoms with Gasteiger partial charge in [0.05, 0.1) is 17.2 Å². The standard InChI is InChI=1S/C33H20F3NO/c34-33(35,36)31-19-17-30(18-20-31)32(38)29-15-13-28(14-16-29)27-11-9-26(10-12-27)25-7-5-24(6-8-25)23-3-1-22(21-37)2-4-23/h1-20H. The highest BCUT2D eigenvalue weighted by molar-refractivity contribution is 6.09. The third-order valence-corrected chi connectivity index (χ3v) is 6.41. The number of halogens is 3. The van der Waals surface area contributed by atoms with Crippen LogP contribution in [-0.4, -0.2) is 5.78 Å². The molecule has 0 heterocycles. The highest BCUT2D eigenvalue weighted by Crippen LogP contribution is 2.30. The topological polar surface area (TPSA) is 40.9 Å². The zero-order valence-corrected chi connectivity index (χ0v) is 20.0. The minimum atomic E-state index is -4.44. The first-order chi connectivity index (χ1) is 18.3. The van der Waals surface area contributed by atoms with Crippen LogP contribution in [0.1, 0.15) is 27.0 Å². The number of carbonyl (C=O) groups is 1. The van der Waals surface area contributed by atoms with Gasteiger partial charge in [0.25, 0.3) is 0 Å². The zero-order chi connectivity index (χ0) is 26.7. The molecule has 0 N–H and O–H groups in total. The summed E-state index contributed by atoms with van der Waals surface area (Å²) in [6, 6.07) is 37.2. The van der Waals surface area contributed by atoms with Gasteiger partial charge < -0.3 is 0 Å². The first-order valence-corrected chi connectivity index (χ1v) is 11.9. The van der Waals surface area contributed by atoms with Crippen molar-refractivity contribution in [3.05, 3.63) is 144 Å². The molecule has 0 spiro atoms. The summed E-state index contributed by atoms with van der Waals surface area (Å²) < 4.78 is 38.3. The number of ketones is 1. The van der Waals surface area contributed by atoms with Crippen LogP contribution in [0.5, 0.6) is 0 Å². The van der Waals surface area contributed by atoms with Gasteiger partial charge in [-0.3, -0.25) is 4.79 Å². The summed E-state index contributed by atoms with van der Waals surface area (Å²) in [6.45, 7) is 0. The van der Waals surface area contributed by atoms with E-state index < -0.39 is 11.7 Å². The number of carbonyl (C=O) groups excluding carboxylic acids is 1. The van der Waals surface area contributed by atoms with E-state index >= 15 is 0 Å². The van der Waals surface area contributed by atoms with E-state index in [1.165, 1.54) is 12.1 Å². The summed E-state index contributed by atoms with van der Waals surface area (Å²) in [7, 11) is 0. The van der Waals surface area contributed by atoms with E-state index in [0.717, 1.165) is 45.5 Å². The molecule has 5 aromatic carbocycles. The van der Waals surface area contributed by atoms with E-state index in [4.69, 9.17) is 5.26 Å². The number of rotatable bonds is 5. The SMILES string of the molecule is N#Cc1ccc(-c2ccc(-c3ccc(-c4ccc(C(=O)c5ccc(C(F)(F)F)cc5)cc4)cc3)cc2)cc1. The van der Waals surface area contributed by atoms with Crippen LogP contribution < -0.4 is 0 Å². The van der Waals surface area contributed by atoms with Crippen LogP contribution in [0.4, 0.5) is 13.2 Å². The molecule has 38 heavy (non-hydrogen) atoms. The molecule has 0 aliphatic carbocycles. The number of nitrogens with zero attached hydrogens (tertiary/aromatic N) is 1. The van der Waals surface area contributed by atoms with Crippen LogP contribution in [0.3, 0.4) is 0 Å². The van der Waals surface area contributed by atoms with E-state index in [1.54, 1.807) is 24.3 Å². The highest BCUT2D eigenvalue weighted by atomic mass is 19.4. The van der Waals surface area contributed by atoms with E-state index in [-0.39, 0.29) is 11.3 Å². The smallest absolute Gasteiger partial charge is 0.289 e. The van der Waals surface area contributed by atoms with Crippen molar-refractivity contribution in [1.29, 1.82) is 5.26 Å². The highest BCUT2D eigenvalue weighted by Gasteiger charge is 2.30. The number of alkyl halides is 3. The van der Waals surface area contributed by atoms with Crippen molar-refractivity contribution in [2.45, 2.75) is 6.18 Å². The molecular formula is C33H20F3NO. The Hall–Kier alpha value is -4.95. The van der Waals surface area contributed by atoms with Crippen molar-refractivity contribution in [3.63, 3.8) is 0 Å². The Morgan fingerprint density at radius 1 is 0.500 bits per heavy atom. The normalized spacial score (nSPS) is 11.1. The van der Waals surface area contributed by atoms with Crippen LogP contribution in [0.25, 0.3) is 33.4 Å². The van der Waals surface area contributed by atoms with Gasteiger partial charge in [0.15, 0.2) is 5.78 Å². The maximum absolute atomic E-state index is 12.8. The Bertz CT molecular complexity index is 1610. The maximum atomic E-state index is 12.8. The fourth-order valence-corrected chi connectivity index (χ4v) is 4.24. The number of nitriles is 1. The Labute approximate surface area is 218 Å². The molecule has 0 aromatic heterocycles. The summed E-state index contributed by atoms with van der Waals surface area (Å²) in [4.78, 5) is 12.7. The van der Waals surface area contributed by atoms with Crippen LogP contribution >= 0.6 is 0 Å². The van der Waals surface area contributed by atoms with Gasteiger partial charge in [0, 0.05) is 11.1 Å². The molecule has 0 fully saturated rings. The van der Waals surface area contributed by atoms with E-state index in [9.17, 15) is 18.0 Å². The van der Waals surface area contributed by atoms with Crippen LogP contribution in [-0.2, 0) is 6.18 Å². The molecule has 0 aliphatic rings. The molecule has 2 nitrogen and oxygen atoms in total. The van der Waals surface area contributed by atoms with Crippen LogP contribution in [0.15, 0.2) is 121 Å². The largest absolute Gasteiger partial charge is 0.416 e. The van der Waals surface area contributed by atoms with Crippen molar-refractivity contribution in [3.8, 4) is 39.4 Å².